The highest BCUT2D eigenvalue weighted by atomic mass is 35.5. The summed E-state index contributed by atoms with van der Waals surface area (Å²) in [4.78, 5) is 11.7. The van der Waals surface area contributed by atoms with Crippen molar-refractivity contribution in [2.45, 2.75) is 26.4 Å². The van der Waals surface area contributed by atoms with Crippen LogP contribution in [0.5, 0.6) is 0 Å². The van der Waals surface area contributed by atoms with Crippen LogP contribution in [0.2, 0.25) is 5.02 Å². The van der Waals surface area contributed by atoms with Gasteiger partial charge in [-0.05, 0) is 32.4 Å². The Kier molecular flexibility index (Phi) is 5.41. The summed E-state index contributed by atoms with van der Waals surface area (Å²) < 4.78 is 1.67. The van der Waals surface area contributed by atoms with Gasteiger partial charge in [-0.25, -0.2) is 9.48 Å². The summed E-state index contributed by atoms with van der Waals surface area (Å²) in [5, 5.41) is 19.4. The Morgan fingerprint density at radius 2 is 2.18 bits per heavy atom. The highest BCUT2D eigenvalue weighted by Crippen LogP contribution is 2.22. The zero-order chi connectivity index (χ0) is 16.1. The molecule has 7 heteroatoms. The molecule has 1 heterocycles. The lowest BCUT2D eigenvalue weighted by Crippen LogP contribution is -2.31. The van der Waals surface area contributed by atoms with Crippen LogP contribution in [0.1, 0.15) is 19.0 Å². The average Bonchev–Trinajstić information content (AvgIpc) is 2.79. The number of urea groups is 1. The number of nitrogens with zero attached hydrogens (tertiary/aromatic N) is 2. The number of carbonyl (C=O) groups is 1. The van der Waals surface area contributed by atoms with Gasteiger partial charge in [0.05, 0.1) is 16.8 Å². The molecule has 0 saturated heterocycles. The van der Waals surface area contributed by atoms with Crippen molar-refractivity contribution in [3.05, 3.63) is 41.0 Å². The van der Waals surface area contributed by atoms with Crippen LogP contribution in [-0.4, -0.2) is 33.6 Å². The van der Waals surface area contributed by atoms with Gasteiger partial charge in [0, 0.05) is 18.3 Å². The minimum absolute atomic E-state index is 0.357. The van der Waals surface area contributed by atoms with Crippen molar-refractivity contribution in [1.82, 2.24) is 15.1 Å². The van der Waals surface area contributed by atoms with E-state index >= 15 is 0 Å². The second kappa shape index (κ2) is 7.29. The van der Waals surface area contributed by atoms with Gasteiger partial charge in [0.2, 0.25) is 0 Å². The van der Waals surface area contributed by atoms with Crippen LogP contribution in [0.4, 0.5) is 10.6 Å². The smallest absolute Gasteiger partial charge is 0.320 e. The molecule has 2 amide bonds. The summed E-state index contributed by atoms with van der Waals surface area (Å²) in [6.45, 7) is 3.95. The number of amides is 2. The molecule has 22 heavy (non-hydrogen) atoms. The summed E-state index contributed by atoms with van der Waals surface area (Å²) in [7, 11) is 0. The Bertz CT molecular complexity index is 655. The van der Waals surface area contributed by atoms with E-state index < -0.39 is 6.10 Å². The van der Waals surface area contributed by atoms with Crippen molar-refractivity contribution in [2.75, 3.05) is 11.9 Å². The molecule has 1 atom stereocenters. The predicted octanol–water partition coefficient (Wildman–Crippen LogP) is 2.73. The number of aromatic nitrogens is 2. The number of hydrogen-bond donors (Lipinski definition) is 3. The number of halogens is 1. The van der Waals surface area contributed by atoms with E-state index in [4.69, 9.17) is 16.7 Å². The largest absolute Gasteiger partial charge is 0.393 e. The van der Waals surface area contributed by atoms with Gasteiger partial charge < -0.3 is 10.4 Å². The van der Waals surface area contributed by atoms with Crippen molar-refractivity contribution in [1.29, 1.82) is 0 Å². The van der Waals surface area contributed by atoms with Crippen LogP contribution in [-0.2, 0) is 0 Å². The molecule has 2 rings (SSSR count). The number of nitrogens with one attached hydrogen (secondary N) is 2. The van der Waals surface area contributed by atoms with E-state index in [1.165, 1.54) is 0 Å². The average molecular weight is 323 g/mol. The van der Waals surface area contributed by atoms with Crippen LogP contribution in [0.15, 0.2) is 30.3 Å². The van der Waals surface area contributed by atoms with Crippen molar-refractivity contribution in [3.8, 4) is 5.69 Å². The summed E-state index contributed by atoms with van der Waals surface area (Å²) >= 11 is 6.16. The Morgan fingerprint density at radius 1 is 1.45 bits per heavy atom. The lowest BCUT2D eigenvalue weighted by molar-refractivity contribution is 0.184. The molecule has 0 bridgehead atoms. The Morgan fingerprint density at radius 3 is 2.86 bits per heavy atom. The lowest BCUT2D eigenvalue weighted by atomic mass is 10.3. The van der Waals surface area contributed by atoms with Gasteiger partial charge in [0.25, 0.3) is 0 Å². The van der Waals surface area contributed by atoms with Gasteiger partial charge in [-0.3, -0.25) is 5.32 Å². The zero-order valence-corrected chi connectivity index (χ0v) is 13.3. The molecular weight excluding hydrogens is 304 g/mol. The van der Waals surface area contributed by atoms with E-state index in [1.807, 2.05) is 25.1 Å². The maximum atomic E-state index is 11.7. The van der Waals surface area contributed by atoms with Crippen LogP contribution >= 0.6 is 11.6 Å². The minimum Gasteiger partial charge on any atom is -0.393 e. The molecule has 3 N–H and O–H groups in total. The van der Waals surface area contributed by atoms with Gasteiger partial charge >= 0.3 is 6.03 Å². The van der Waals surface area contributed by atoms with Gasteiger partial charge in [0.15, 0.2) is 5.82 Å². The van der Waals surface area contributed by atoms with Gasteiger partial charge in [-0.1, -0.05) is 23.7 Å². The number of benzene rings is 1. The molecule has 0 radical (unpaired) electrons. The van der Waals surface area contributed by atoms with Gasteiger partial charge in [0.1, 0.15) is 0 Å². The Labute approximate surface area is 134 Å². The maximum absolute atomic E-state index is 11.7. The second-order valence-corrected chi connectivity index (χ2v) is 5.46. The number of para-hydroxylation sites is 1. The summed E-state index contributed by atoms with van der Waals surface area (Å²) in [6, 6.07) is 8.77. The molecule has 0 aliphatic carbocycles. The van der Waals surface area contributed by atoms with E-state index in [1.54, 1.807) is 23.7 Å². The second-order valence-electron chi connectivity index (χ2n) is 5.05. The minimum atomic E-state index is -0.443. The summed E-state index contributed by atoms with van der Waals surface area (Å²) in [5.74, 6) is 0.437. The van der Waals surface area contributed by atoms with Crippen LogP contribution in [0.25, 0.3) is 5.69 Å². The molecule has 6 nitrogen and oxygen atoms in total. The molecule has 2 aromatic rings. The third-order valence-corrected chi connectivity index (χ3v) is 3.38. The van der Waals surface area contributed by atoms with Gasteiger partial charge in [-0.15, -0.1) is 5.10 Å². The molecule has 0 aliphatic heterocycles. The lowest BCUT2D eigenvalue weighted by Gasteiger charge is -2.07. The first-order chi connectivity index (χ1) is 10.5. The third kappa shape index (κ3) is 4.22. The number of aliphatic hydroxyl groups is 1. The van der Waals surface area contributed by atoms with Crippen molar-refractivity contribution < 1.29 is 9.90 Å². The Balaban J connectivity index is 2.04. The first kappa shape index (κ1) is 16.3. The summed E-state index contributed by atoms with van der Waals surface area (Å²) in [6.07, 6.45) is 0.0579. The van der Waals surface area contributed by atoms with Crippen LogP contribution < -0.4 is 10.6 Å². The molecule has 1 aromatic heterocycles. The molecule has 0 unspecified atom stereocenters. The first-order valence-electron chi connectivity index (χ1n) is 7.02. The molecule has 0 aliphatic rings. The van der Waals surface area contributed by atoms with E-state index in [0.717, 1.165) is 11.4 Å². The normalized spacial score (nSPS) is 12.0. The fourth-order valence-electron chi connectivity index (χ4n) is 1.96. The monoisotopic (exact) mass is 322 g/mol. The molecule has 0 saturated carbocycles. The fourth-order valence-corrected chi connectivity index (χ4v) is 2.17. The number of aryl methyl sites for hydroxylation is 1. The molecular formula is C15H19ClN4O2. The zero-order valence-electron chi connectivity index (χ0n) is 12.5. The van der Waals surface area contributed by atoms with Crippen LogP contribution in [0.3, 0.4) is 0 Å². The highest BCUT2D eigenvalue weighted by Gasteiger charge is 2.11. The van der Waals surface area contributed by atoms with Gasteiger partial charge in [-0.2, -0.15) is 0 Å². The number of hydrogen-bond acceptors (Lipinski definition) is 3. The van der Waals surface area contributed by atoms with Crippen LogP contribution in [0, 0.1) is 6.92 Å². The quantitative estimate of drug-likeness (QED) is 0.792. The first-order valence-corrected chi connectivity index (χ1v) is 7.39. The fraction of sp³-hybridized carbons (Fsp3) is 0.333. The van der Waals surface area contributed by atoms with E-state index in [0.29, 0.717) is 23.8 Å². The number of aliphatic hydroxyl groups excluding tert-OH is 1. The topological polar surface area (TPSA) is 79.2 Å². The van der Waals surface area contributed by atoms with Crippen molar-refractivity contribution >= 4 is 23.4 Å². The molecule has 1 aromatic carbocycles. The molecule has 118 valence electrons. The van der Waals surface area contributed by atoms with Crippen molar-refractivity contribution in [3.63, 3.8) is 0 Å². The SMILES string of the molecule is Cc1cc(NC(=O)NCC[C@H](C)O)nn1-c1ccccc1Cl. The maximum Gasteiger partial charge on any atom is 0.320 e. The van der Waals surface area contributed by atoms with Crippen molar-refractivity contribution in [2.24, 2.45) is 0 Å². The Hall–Kier alpha value is -2.05. The number of carbonyl (C=O) groups excluding carboxylic acids is 1. The third-order valence-electron chi connectivity index (χ3n) is 3.06. The number of anilines is 1. The molecule has 0 spiro atoms. The van der Waals surface area contributed by atoms with E-state index in [9.17, 15) is 4.79 Å². The number of rotatable bonds is 5. The molecule has 0 fully saturated rings. The highest BCUT2D eigenvalue weighted by molar-refractivity contribution is 6.32. The van der Waals surface area contributed by atoms with E-state index in [-0.39, 0.29) is 6.03 Å². The standard InChI is InChI=1S/C15H19ClN4O2/c1-10-9-14(18-15(22)17-8-7-11(2)21)19-20(10)13-6-4-3-5-12(13)16/h3-6,9,11,21H,7-8H2,1-2H3,(H2,17,18,19,22)/t11-/m0/s1. The predicted molar refractivity (Wildman–Crippen MR) is 86.6 cm³/mol. The summed E-state index contributed by atoms with van der Waals surface area (Å²) in [5.41, 5.74) is 1.61. The van der Waals surface area contributed by atoms with E-state index in [2.05, 4.69) is 15.7 Å².